The summed E-state index contributed by atoms with van der Waals surface area (Å²) in [5.41, 5.74) is 1.15. The van der Waals surface area contributed by atoms with E-state index in [1.165, 1.54) is 18.2 Å². The van der Waals surface area contributed by atoms with Crippen molar-refractivity contribution in [3.05, 3.63) is 58.9 Å². The summed E-state index contributed by atoms with van der Waals surface area (Å²) >= 11 is 0. The third-order valence-electron chi connectivity index (χ3n) is 6.51. The van der Waals surface area contributed by atoms with Gasteiger partial charge in [-0.25, -0.2) is 8.78 Å². The summed E-state index contributed by atoms with van der Waals surface area (Å²) in [4.78, 5) is 4.50. The van der Waals surface area contributed by atoms with Crippen LogP contribution in [0.3, 0.4) is 0 Å². The van der Waals surface area contributed by atoms with E-state index in [1.807, 2.05) is 0 Å². The van der Waals surface area contributed by atoms with Gasteiger partial charge in [0.25, 0.3) is 0 Å². The Balaban J connectivity index is 1.73. The first-order valence-electron chi connectivity index (χ1n) is 8.99. The van der Waals surface area contributed by atoms with Crippen LogP contribution in [-0.2, 0) is 5.41 Å². The van der Waals surface area contributed by atoms with Gasteiger partial charge in [0.05, 0.1) is 22.4 Å². The van der Waals surface area contributed by atoms with Gasteiger partial charge in [-0.3, -0.25) is 0 Å². The van der Waals surface area contributed by atoms with E-state index < -0.39 is 17.0 Å². The van der Waals surface area contributed by atoms with Crippen molar-refractivity contribution in [2.75, 3.05) is 0 Å². The van der Waals surface area contributed by atoms with Crippen LogP contribution in [-0.4, -0.2) is 20.3 Å². The monoisotopic (exact) mass is 368 g/mol. The quantitative estimate of drug-likeness (QED) is 0.674. The van der Waals surface area contributed by atoms with Crippen LogP contribution in [0.15, 0.2) is 28.8 Å². The lowest BCUT2D eigenvalue weighted by Gasteiger charge is -2.34. The van der Waals surface area contributed by atoms with Crippen LogP contribution in [0.2, 0.25) is 0 Å². The molecule has 2 aliphatic carbocycles. The van der Waals surface area contributed by atoms with E-state index in [1.54, 1.807) is 13.0 Å². The summed E-state index contributed by atoms with van der Waals surface area (Å²) in [6.07, 6.45) is 1.78. The second-order valence-electron chi connectivity index (χ2n) is 7.99. The molecule has 0 spiro atoms. The number of aryl methyl sites for hydroxylation is 1. The lowest BCUT2D eigenvalue weighted by atomic mass is 9.68. The fraction of sp³-hybridized carbons (Fsp3) is 0.400. The maximum Gasteiger partial charge on any atom is 0.223 e. The smallest absolute Gasteiger partial charge is 0.223 e. The van der Waals surface area contributed by atoms with Gasteiger partial charge in [0.15, 0.2) is 5.82 Å². The topological polar surface area (TPSA) is 64.7 Å². The van der Waals surface area contributed by atoms with E-state index in [0.717, 1.165) is 24.1 Å². The largest absolute Gasteiger partial charge is 0.340 e. The molecular weight excluding hydrogens is 350 g/mol. The molecule has 0 radical (unpaired) electrons. The van der Waals surface area contributed by atoms with Crippen LogP contribution in [0.1, 0.15) is 55.6 Å². The Morgan fingerprint density at radius 1 is 1.15 bits per heavy atom. The molecular formula is C20H18F2N4O. The standard InChI is InChI=1S/C20H18F2N4O/c1-10-23-18(26-27-10)20-8-7-12(19(20,2)3)11-9-15(24-25-17(11)20)16-13(21)5-4-6-14(16)22/h4-6,9,12H,7-8H2,1-3H3/t12-,20+/m0/s1. The molecule has 0 N–H and O–H groups in total. The number of hydrogen-bond donors (Lipinski definition) is 0. The summed E-state index contributed by atoms with van der Waals surface area (Å²) < 4.78 is 33.7. The zero-order valence-electron chi connectivity index (χ0n) is 15.3. The second kappa shape index (κ2) is 5.18. The first-order chi connectivity index (χ1) is 12.9. The minimum absolute atomic E-state index is 0.141. The van der Waals surface area contributed by atoms with Crippen molar-refractivity contribution in [1.82, 2.24) is 20.3 Å². The molecule has 1 saturated carbocycles. The zero-order chi connectivity index (χ0) is 19.0. The van der Waals surface area contributed by atoms with Crippen LogP contribution < -0.4 is 0 Å². The Bertz CT molecular complexity index is 1060. The van der Waals surface area contributed by atoms with Gasteiger partial charge in [0, 0.05) is 6.92 Å². The van der Waals surface area contributed by atoms with Crippen molar-refractivity contribution in [3.63, 3.8) is 0 Å². The highest BCUT2D eigenvalue weighted by atomic mass is 19.1. The van der Waals surface area contributed by atoms with E-state index in [4.69, 9.17) is 4.52 Å². The molecule has 5 rings (SSSR count). The molecule has 2 bridgehead atoms. The number of rotatable bonds is 2. The van der Waals surface area contributed by atoms with Gasteiger partial charge >= 0.3 is 0 Å². The zero-order valence-corrected chi connectivity index (χ0v) is 15.3. The number of nitrogens with zero attached hydrogens (tertiary/aromatic N) is 4. The first-order valence-corrected chi connectivity index (χ1v) is 8.99. The maximum atomic E-state index is 14.2. The van der Waals surface area contributed by atoms with E-state index >= 15 is 0 Å². The van der Waals surface area contributed by atoms with Gasteiger partial charge in [0.2, 0.25) is 5.89 Å². The Kier molecular flexibility index (Phi) is 3.16. The molecule has 0 amide bonds. The molecule has 3 aromatic rings. The summed E-state index contributed by atoms with van der Waals surface area (Å²) in [5.74, 6) is 0.0243. The van der Waals surface area contributed by atoms with Gasteiger partial charge in [-0.15, -0.1) is 5.10 Å². The molecule has 27 heavy (non-hydrogen) atoms. The van der Waals surface area contributed by atoms with Crippen molar-refractivity contribution < 1.29 is 13.3 Å². The van der Waals surface area contributed by atoms with Crippen molar-refractivity contribution in [2.24, 2.45) is 5.41 Å². The number of fused-ring (bicyclic) bond motifs is 5. The SMILES string of the molecule is Cc1nc([C@@]23CC[C@@H](c4cc(-c5c(F)cccc5F)nnc42)C3(C)C)no1. The first kappa shape index (κ1) is 16.5. The second-order valence-corrected chi connectivity index (χ2v) is 7.99. The lowest BCUT2D eigenvalue weighted by molar-refractivity contribution is 0.230. The Labute approximate surface area is 154 Å². The summed E-state index contributed by atoms with van der Waals surface area (Å²) in [5, 5.41) is 12.8. The Morgan fingerprint density at radius 2 is 1.89 bits per heavy atom. The van der Waals surface area contributed by atoms with Gasteiger partial charge < -0.3 is 4.52 Å². The molecule has 2 aromatic heterocycles. The molecule has 2 heterocycles. The normalized spacial score (nSPS) is 25.0. The molecule has 138 valence electrons. The Morgan fingerprint density at radius 3 is 2.56 bits per heavy atom. The number of halogens is 2. The van der Waals surface area contributed by atoms with Gasteiger partial charge in [-0.2, -0.15) is 10.1 Å². The van der Waals surface area contributed by atoms with Crippen LogP contribution >= 0.6 is 0 Å². The van der Waals surface area contributed by atoms with Crippen molar-refractivity contribution in [1.29, 1.82) is 0 Å². The molecule has 7 heteroatoms. The van der Waals surface area contributed by atoms with E-state index in [0.29, 0.717) is 11.7 Å². The molecule has 0 saturated heterocycles. The maximum absolute atomic E-state index is 14.2. The van der Waals surface area contributed by atoms with Gasteiger partial charge in [-0.1, -0.05) is 25.1 Å². The van der Waals surface area contributed by atoms with Gasteiger partial charge in [0.1, 0.15) is 11.6 Å². The van der Waals surface area contributed by atoms with E-state index in [-0.39, 0.29) is 22.6 Å². The highest BCUT2D eigenvalue weighted by Gasteiger charge is 2.66. The Hall–Kier alpha value is -2.70. The average molecular weight is 368 g/mol. The number of hydrogen-bond acceptors (Lipinski definition) is 5. The number of benzene rings is 1. The molecule has 1 aromatic carbocycles. The average Bonchev–Trinajstić information content (AvgIpc) is 3.22. The highest BCUT2D eigenvalue weighted by Crippen LogP contribution is 2.69. The predicted molar refractivity (Wildman–Crippen MR) is 93.0 cm³/mol. The van der Waals surface area contributed by atoms with Crippen molar-refractivity contribution >= 4 is 0 Å². The van der Waals surface area contributed by atoms with Crippen LogP contribution in [0.5, 0.6) is 0 Å². The molecule has 0 aliphatic heterocycles. The van der Waals surface area contributed by atoms with E-state index in [9.17, 15) is 8.78 Å². The molecule has 5 nitrogen and oxygen atoms in total. The summed E-state index contributed by atoms with van der Waals surface area (Å²) in [7, 11) is 0. The molecule has 0 unspecified atom stereocenters. The summed E-state index contributed by atoms with van der Waals surface area (Å²) in [6.45, 7) is 6.10. The fourth-order valence-corrected chi connectivity index (χ4v) is 5.16. The fourth-order valence-electron chi connectivity index (χ4n) is 5.16. The number of aromatic nitrogens is 4. The van der Waals surface area contributed by atoms with Crippen LogP contribution in [0.25, 0.3) is 11.3 Å². The van der Waals surface area contributed by atoms with Crippen LogP contribution in [0.4, 0.5) is 8.78 Å². The van der Waals surface area contributed by atoms with Crippen LogP contribution in [0, 0.1) is 24.0 Å². The van der Waals surface area contributed by atoms with Crippen molar-refractivity contribution in [3.8, 4) is 11.3 Å². The third kappa shape index (κ3) is 1.91. The molecule has 1 fully saturated rings. The van der Waals surface area contributed by atoms with Gasteiger partial charge in [-0.05, 0) is 47.9 Å². The summed E-state index contributed by atoms with van der Waals surface area (Å²) in [6, 6.07) is 5.58. The lowest BCUT2D eigenvalue weighted by Crippen LogP contribution is -2.38. The third-order valence-corrected chi connectivity index (χ3v) is 6.51. The van der Waals surface area contributed by atoms with E-state index in [2.05, 4.69) is 34.2 Å². The molecule has 2 aliphatic rings. The minimum atomic E-state index is -0.643. The highest BCUT2D eigenvalue weighted by molar-refractivity contribution is 5.63. The van der Waals surface area contributed by atoms with Crippen molar-refractivity contribution in [2.45, 2.75) is 44.9 Å². The predicted octanol–water partition coefficient (Wildman–Crippen LogP) is 4.32. The molecule has 2 atom stereocenters. The minimum Gasteiger partial charge on any atom is -0.340 e.